The van der Waals surface area contributed by atoms with E-state index in [9.17, 15) is 4.79 Å². The van der Waals surface area contributed by atoms with E-state index in [0.29, 0.717) is 18.1 Å². The van der Waals surface area contributed by atoms with Crippen molar-refractivity contribution in [3.63, 3.8) is 0 Å². The van der Waals surface area contributed by atoms with Crippen LogP contribution in [0.2, 0.25) is 5.02 Å². The lowest BCUT2D eigenvalue weighted by Gasteiger charge is -2.27. The Hall–Kier alpha value is -1.74. The quantitative estimate of drug-likeness (QED) is 0.782. The van der Waals surface area contributed by atoms with Gasteiger partial charge in [0, 0.05) is 11.4 Å². The minimum Gasteiger partial charge on any atom is -0.469 e. The summed E-state index contributed by atoms with van der Waals surface area (Å²) >= 11 is 5.91. The zero-order valence-electron chi connectivity index (χ0n) is 11.6. The number of rotatable bonds is 5. The molecule has 0 fully saturated rings. The molecule has 2 rings (SSSR count). The van der Waals surface area contributed by atoms with E-state index in [1.54, 1.807) is 25.3 Å². The number of ether oxygens (including phenoxy) is 1. The first-order valence-electron chi connectivity index (χ1n) is 6.52. The van der Waals surface area contributed by atoms with E-state index < -0.39 is 5.41 Å². The third-order valence-corrected chi connectivity index (χ3v) is 3.57. The summed E-state index contributed by atoms with van der Waals surface area (Å²) in [6.07, 6.45) is 2.04. The van der Waals surface area contributed by atoms with Gasteiger partial charge in [0.25, 0.3) is 0 Å². The number of benzene rings is 1. The van der Waals surface area contributed by atoms with Gasteiger partial charge in [0.05, 0.1) is 18.3 Å². The number of carbonyl (C=O) groups excluding carboxylic acids is 1. The van der Waals surface area contributed by atoms with Crippen LogP contribution in [0.1, 0.15) is 25.2 Å². The fourth-order valence-corrected chi connectivity index (χ4v) is 2.29. The van der Waals surface area contributed by atoms with E-state index in [-0.39, 0.29) is 5.97 Å². The smallest absolute Gasteiger partial charge is 0.316 e. The molecule has 20 heavy (non-hydrogen) atoms. The fraction of sp³-hybridized carbons (Fsp3) is 0.312. The average molecular weight is 293 g/mol. The molecule has 0 spiro atoms. The van der Waals surface area contributed by atoms with Gasteiger partial charge in [0.2, 0.25) is 0 Å². The van der Waals surface area contributed by atoms with Crippen LogP contribution >= 0.6 is 11.6 Å². The van der Waals surface area contributed by atoms with Crippen LogP contribution in [0, 0.1) is 0 Å². The molecule has 0 bridgehead atoms. The van der Waals surface area contributed by atoms with Gasteiger partial charge >= 0.3 is 5.97 Å². The maximum atomic E-state index is 12.4. The molecule has 0 N–H and O–H groups in total. The molecule has 0 aliphatic heterocycles. The van der Waals surface area contributed by atoms with E-state index in [2.05, 4.69) is 0 Å². The molecule has 1 aromatic heterocycles. The third-order valence-electron chi connectivity index (χ3n) is 3.32. The van der Waals surface area contributed by atoms with Crippen LogP contribution in [0.4, 0.5) is 0 Å². The predicted molar refractivity (Wildman–Crippen MR) is 77.8 cm³/mol. The van der Waals surface area contributed by atoms with Crippen molar-refractivity contribution in [1.29, 1.82) is 0 Å². The molecular formula is C16H17ClO3. The number of esters is 1. The second kappa shape index (κ2) is 6.14. The van der Waals surface area contributed by atoms with Crippen molar-refractivity contribution in [2.45, 2.75) is 25.7 Å². The zero-order valence-corrected chi connectivity index (χ0v) is 12.3. The monoisotopic (exact) mass is 292 g/mol. The van der Waals surface area contributed by atoms with Crippen LogP contribution in [-0.4, -0.2) is 12.6 Å². The van der Waals surface area contributed by atoms with Crippen molar-refractivity contribution >= 4 is 17.6 Å². The second-order valence-corrected chi connectivity index (χ2v) is 5.25. The summed E-state index contributed by atoms with van der Waals surface area (Å²) in [5.74, 6) is 0.481. The van der Waals surface area contributed by atoms with Gasteiger partial charge in [-0.25, -0.2) is 0 Å². The van der Waals surface area contributed by atoms with Gasteiger partial charge in [-0.05, 0) is 43.7 Å². The Morgan fingerprint density at radius 3 is 2.55 bits per heavy atom. The summed E-state index contributed by atoms with van der Waals surface area (Å²) in [7, 11) is 0. The summed E-state index contributed by atoms with van der Waals surface area (Å²) in [6.45, 7) is 4.00. The first-order chi connectivity index (χ1) is 9.56. The predicted octanol–water partition coefficient (Wildman–Crippen LogP) is 4.00. The van der Waals surface area contributed by atoms with Crippen LogP contribution in [-0.2, 0) is 21.4 Å². The fourth-order valence-electron chi connectivity index (χ4n) is 2.16. The highest BCUT2D eigenvalue weighted by atomic mass is 35.5. The van der Waals surface area contributed by atoms with Gasteiger partial charge < -0.3 is 9.15 Å². The molecular weight excluding hydrogens is 276 g/mol. The van der Waals surface area contributed by atoms with Crippen molar-refractivity contribution in [3.8, 4) is 0 Å². The number of hydrogen-bond donors (Lipinski definition) is 0. The van der Waals surface area contributed by atoms with Crippen molar-refractivity contribution in [1.82, 2.24) is 0 Å². The molecule has 2 aromatic rings. The normalized spacial score (nSPS) is 13.8. The number of carbonyl (C=O) groups is 1. The standard InChI is InChI=1S/C16H17ClO3/c1-3-19-15(18)16(2,11-14-5-4-10-20-14)12-6-8-13(17)9-7-12/h4-10H,3,11H2,1-2H3. The molecule has 0 amide bonds. The van der Waals surface area contributed by atoms with Crippen molar-refractivity contribution in [2.75, 3.05) is 6.61 Å². The van der Waals surface area contributed by atoms with Gasteiger partial charge in [-0.2, -0.15) is 0 Å². The summed E-state index contributed by atoms with van der Waals surface area (Å²) in [5, 5.41) is 0.637. The zero-order chi connectivity index (χ0) is 14.6. The Labute approximate surface area is 123 Å². The highest BCUT2D eigenvalue weighted by molar-refractivity contribution is 6.30. The Morgan fingerprint density at radius 1 is 1.30 bits per heavy atom. The molecule has 1 unspecified atom stereocenters. The largest absolute Gasteiger partial charge is 0.469 e. The molecule has 0 aliphatic carbocycles. The van der Waals surface area contributed by atoms with Crippen LogP contribution in [0.25, 0.3) is 0 Å². The van der Waals surface area contributed by atoms with E-state index >= 15 is 0 Å². The Bertz CT molecular complexity index is 560. The lowest BCUT2D eigenvalue weighted by Crippen LogP contribution is -2.36. The SMILES string of the molecule is CCOC(=O)C(C)(Cc1ccco1)c1ccc(Cl)cc1. The first kappa shape index (κ1) is 14.7. The second-order valence-electron chi connectivity index (χ2n) is 4.82. The summed E-state index contributed by atoms with van der Waals surface area (Å²) in [6, 6.07) is 10.9. The van der Waals surface area contributed by atoms with Gasteiger partial charge in [-0.3, -0.25) is 4.79 Å². The average Bonchev–Trinajstić information content (AvgIpc) is 2.92. The number of furan rings is 1. The van der Waals surface area contributed by atoms with Gasteiger partial charge in [-0.15, -0.1) is 0 Å². The minimum absolute atomic E-state index is 0.265. The maximum Gasteiger partial charge on any atom is 0.316 e. The molecule has 4 heteroatoms. The molecule has 1 aromatic carbocycles. The van der Waals surface area contributed by atoms with E-state index in [1.807, 2.05) is 31.2 Å². The first-order valence-corrected chi connectivity index (χ1v) is 6.89. The summed E-state index contributed by atoms with van der Waals surface area (Å²) in [5.41, 5.74) is 0.0649. The molecule has 3 nitrogen and oxygen atoms in total. The maximum absolute atomic E-state index is 12.4. The molecule has 0 saturated carbocycles. The van der Waals surface area contributed by atoms with Crippen LogP contribution in [0.5, 0.6) is 0 Å². The molecule has 106 valence electrons. The number of hydrogen-bond acceptors (Lipinski definition) is 3. The molecule has 0 saturated heterocycles. The highest BCUT2D eigenvalue weighted by Crippen LogP contribution is 2.31. The molecule has 0 radical (unpaired) electrons. The van der Waals surface area contributed by atoms with E-state index in [4.69, 9.17) is 20.8 Å². The Kier molecular flexibility index (Phi) is 4.50. The van der Waals surface area contributed by atoms with Gasteiger partial charge in [0.15, 0.2) is 0 Å². The van der Waals surface area contributed by atoms with Crippen molar-refractivity contribution in [3.05, 3.63) is 59.0 Å². The third kappa shape index (κ3) is 3.05. The minimum atomic E-state index is -0.793. The summed E-state index contributed by atoms with van der Waals surface area (Å²) in [4.78, 5) is 12.4. The highest BCUT2D eigenvalue weighted by Gasteiger charge is 2.37. The summed E-state index contributed by atoms with van der Waals surface area (Å²) < 4.78 is 10.6. The lowest BCUT2D eigenvalue weighted by molar-refractivity contribution is -0.149. The van der Waals surface area contributed by atoms with E-state index in [0.717, 1.165) is 11.3 Å². The Morgan fingerprint density at radius 2 is 2.00 bits per heavy atom. The van der Waals surface area contributed by atoms with Crippen LogP contribution in [0.15, 0.2) is 47.1 Å². The molecule has 0 aliphatic rings. The van der Waals surface area contributed by atoms with Crippen molar-refractivity contribution in [2.24, 2.45) is 0 Å². The van der Waals surface area contributed by atoms with Gasteiger partial charge in [0.1, 0.15) is 5.76 Å². The van der Waals surface area contributed by atoms with Gasteiger partial charge in [-0.1, -0.05) is 23.7 Å². The Balaban J connectivity index is 2.37. The topological polar surface area (TPSA) is 39.4 Å². The number of halogens is 1. The van der Waals surface area contributed by atoms with Crippen LogP contribution < -0.4 is 0 Å². The van der Waals surface area contributed by atoms with Crippen molar-refractivity contribution < 1.29 is 13.9 Å². The van der Waals surface area contributed by atoms with E-state index in [1.165, 1.54) is 0 Å². The molecule has 1 atom stereocenters. The van der Waals surface area contributed by atoms with Crippen LogP contribution in [0.3, 0.4) is 0 Å². The molecule has 1 heterocycles. The lowest BCUT2D eigenvalue weighted by atomic mass is 9.79.